The van der Waals surface area contributed by atoms with E-state index in [9.17, 15) is 4.79 Å². The van der Waals surface area contributed by atoms with Crippen molar-refractivity contribution in [2.45, 2.75) is 6.10 Å². The molecule has 0 saturated carbocycles. The van der Waals surface area contributed by atoms with Crippen molar-refractivity contribution < 1.29 is 14.3 Å². The van der Waals surface area contributed by atoms with E-state index in [1.54, 1.807) is 13.1 Å². The second kappa shape index (κ2) is 5.22. The van der Waals surface area contributed by atoms with E-state index in [-0.39, 0.29) is 0 Å². The van der Waals surface area contributed by atoms with Crippen LogP contribution in [-0.4, -0.2) is 37.9 Å². The minimum absolute atomic E-state index is 0.337. The van der Waals surface area contributed by atoms with Gasteiger partial charge in [0.25, 0.3) is 0 Å². The number of rotatable bonds is 1. The second-order valence-corrected chi connectivity index (χ2v) is 4.15. The molecule has 0 radical (unpaired) electrons. The maximum atomic E-state index is 11.6. The summed E-state index contributed by atoms with van der Waals surface area (Å²) in [7, 11) is 3.08. The lowest BCUT2D eigenvalue weighted by Crippen LogP contribution is -2.50. The predicted octanol–water partition coefficient (Wildman–Crippen LogP) is 0.931. The van der Waals surface area contributed by atoms with Crippen LogP contribution in [0, 0.1) is 0 Å². The number of fused-ring (bicyclic) bond motifs is 1. The molecule has 0 aliphatic carbocycles. The first-order chi connectivity index (χ1) is 8.67. The third kappa shape index (κ3) is 2.24. The molecule has 18 heavy (non-hydrogen) atoms. The highest BCUT2D eigenvalue weighted by Crippen LogP contribution is 2.33. The highest BCUT2D eigenvalue weighted by molar-refractivity contribution is 7.80. The Balaban J connectivity index is 2.35. The van der Waals surface area contributed by atoms with Crippen molar-refractivity contribution >= 4 is 29.0 Å². The number of ether oxygens (including phenoxy) is 2. The molecule has 2 rings (SSSR count). The van der Waals surface area contributed by atoms with Gasteiger partial charge in [-0.05, 0) is 24.4 Å². The Morgan fingerprint density at radius 3 is 2.94 bits per heavy atom. The Kier molecular flexibility index (Phi) is 3.66. The molecule has 1 aromatic rings. The average molecular weight is 266 g/mol. The number of anilines is 1. The molecule has 1 N–H and O–H groups in total. The Morgan fingerprint density at radius 2 is 2.28 bits per heavy atom. The zero-order chi connectivity index (χ0) is 13.1. The van der Waals surface area contributed by atoms with Gasteiger partial charge in [0.15, 0.2) is 5.11 Å². The number of carbonyl (C=O) groups excluding carboxylic acids is 1. The molecule has 0 spiro atoms. The van der Waals surface area contributed by atoms with Gasteiger partial charge < -0.3 is 19.7 Å². The molecule has 1 aliphatic rings. The summed E-state index contributed by atoms with van der Waals surface area (Å²) in [6.45, 7) is 0.337. The number of hydrogen-bond acceptors (Lipinski definition) is 4. The van der Waals surface area contributed by atoms with E-state index in [1.807, 2.05) is 23.1 Å². The van der Waals surface area contributed by atoms with Gasteiger partial charge in [-0.15, -0.1) is 0 Å². The SMILES string of the molecule is CNC(=S)N1C[C@@H](C(=O)OC)Oc2ccccc21. The molecule has 0 bridgehead atoms. The Bertz CT molecular complexity index is 478. The molecule has 5 nitrogen and oxygen atoms in total. The van der Waals surface area contributed by atoms with Crippen LogP contribution in [-0.2, 0) is 9.53 Å². The van der Waals surface area contributed by atoms with E-state index in [4.69, 9.17) is 21.7 Å². The summed E-state index contributed by atoms with van der Waals surface area (Å²) in [5, 5.41) is 3.44. The molecular weight excluding hydrogens is 252 g/mol. The predicted molar refractivity (Wildman–Crippen MR) is 71.9 cm³/mol. The van der Waals surface area contributed by atoms with Gasteiger partial charge in [0.1, 0.15) is 5.75 Å². The van der Waals surface area contributed by atoms with Gasteiger partial charge in [-0.3, -0.25) is 0 Å². The summed E-state index contributed by atoms with van der Waals surface area (Å²) in [5.41, 5.74) is 0.844. The summed E-state index contributed by atoms with van der Waals surface area (Å²) < 4.78 is 10.3. The van der Waals surface area contributed by atoms with Gasteiger partial charge >= 0.3 is 5.97 Å². The molecular formula is C12H14N2O3S. The molecule has 0 aromatic heterocycles. The van der Waals surface area contributed by atoms with Crippen molar-refractivity contribution in [2.24, 2.45) is 0 Å². The largest absolute Gasteiger partial charge is 0.475 e. The molecule has 0 fully saturated rings. The molecule has 96 valence electrons. The van der Waals surface area contributed by atoms with E-state index in [1.165, 1.54) is 7.11 Å². The standard InChI is InChI=1S/C12H14N2O3S/c1-13-12(18)14-7-10(11(15)16-2)17-9-6-4-3-5-8(9)14/h3-6,10H,7H2,1-2H3,(H,13,18)/t10-/m0/s1. The van der Waals surface area contributed by atoms with Crippen LogP contribution in [0.1, 0.15) is 0 Å². The van der Waals surface area contributed by atoms with Crippen LogP contribution >= 0.6 is 12.2 Å². The van der Waals surface area contributed by atoms with Gasteiger partial charge in [-0.1, -0.05) is 12.1 Å². The van der Waals surface area contributed by atoms with E-state index >= 15 is 0 Å². The van der Waals surface area contributed by atoms with Crippen molar-refractivity contribution in [2.75, 3.05) is 25.6 Å². The molecule has 6 heteroatoms. The lowest BCUT2D eigenvalue weighted by atomic mass is 10.2. The van der Waals surface area contributed by atoms with Crippen LogP contribution < -0.4 is 15.0 Å². The van der Waals surface area contributed by atoms with Crippen molar-refractivity contribution in [1.29, 1.82) is 0 Å². The minimum Gasteiger partial charge on any atom is -0.475 e. The van der Waals surface area contributed by atoms with Gasteiger partial charge in [-0.25, -0.2) is 4.79 Å². The molecule has 0 amide bonds. The summed E-state index contributed by atoms with van der Waals surface area (Å²) in [5.74, 6) is 0.213. The van der Waals surface area contributed by atoms with Gasteiger partial charge in [-0.2, -0.15) is 0 Å². The Labute approximate surface area is 111 Å². The van der Waals surface area contributed by atoms with E-state index in [0.717, 1.165) is 5.69 Å². The number of para-hydroxylation sites is 2. The van der Waals surface area contributed by atoms with Crippen LogP contribution in [0.3, 0.4) is 0 Å². The fraction of sp³-hybridized carbons (Fsp3) is 0.333. The summed E-state index contributed by atoms with van der Waals surface area (Å²) in [6.07, 6.45) is -0.670. The third-order valence-electron chi connectivity index (χ3n) is 2.70. The Morgan fingerprint density at radius 1 is 1.56 bits per heavy atom. The molecule has 0 unspecified atom stereocenters. The number of nitrogens with one attached hydrogen (secondary N) is 1. The molecule has 1 atom stereocenters. The van der Waals surface area contributed by atoms with Gasteiger partial charge in [0, 0.05) is 7.05 Å². The van der Waals surface area contributed by atoms with Crippen molar-refractivity contribution in [3.05, 3.63) is 24.3 Å². The summed E-state index contributed by atoms with van der Waals surface area (Å²) in [4.78, 5) is 13.4. The molecule has 1 aromatic carbocycles. The first-order valence-corrected chi connectivity index (χ1v) is 5.91. The number of thiocarbonyl (C=S) groups is 1. The third-order valence-corrected chi connectivity index (χ3v) is 3.12. The summed E-state index contributed by atoms with van der Waals surface area (Å²) in [6, 6.07) is 7.44. The number of methoxy groups -OCH3 is 1. The smallest absolute Gasteiger partial charge is 0.348 e. The number of nitrogens with zero attached hydrogens (tertiary/aromatic N) is 1. The maximum absolute atomic E-state index is 11.6. The Hall–Kier alpha value is -1.82. The number of hydrogen-bond donors (Lipinski definition) is 1. The average Bonchev–Trinajstić information content (AvgIpc) is 2.44. The molecule has 1 aliphatic heterocycles. The second-order valence-electron chi connectivity index (χ2n) is 3.76. The van der Waals surface area contributed by atoms with Crippen molar-refractivity contribution in [1.82, 2.24) is 5.32 Å². The number of esters is 1. The number of benzene rings is 1. The molecule has 1 heterocycles. The van der Waals surface area contributed by atoms with E-state index in [2.05, 4.69) is 5.32 Å². The lowest BCUT2D eigenvalue weighted by Gasteiger charge is -2.34. The fourth-order valence-corrected chi connectivity index (χ4v) is 1.99. The van der Waals surface area contributed by atoms with Crippen molar-refractivity contribution in [3.63, 3.8) is 0 Å². The van der Waals surface area contributed by atoms with E-state index < -0.39 is 12.1 Å². The minimum atomic E-state index is -0.670. The monoisotopic (exact) mass is 266 g/mol. The van der Waals surface area contributed by atoms with Crippen LogP contribution in [0.5, 0.6) is 5.75 Å². The summed E-state index contributed by atoms with van der Waals surface area (Å²) >= 11 is 5.23. The van der Waals surface area contributed by atoms with Gasteiger partial charge in [0.2, 0.25) is 6.10 Å². The normalized spacial score (nSPS) is 17.4. The topological polar surface area (TPSA) is 50.8 Å². The lowest BCUT2D eigenvalue weighted by molar-refractivity contribution is -0.148. The zero-order valence-corrected chi connectivity index (χ0v) is 11.0. The quantitative estimate of drug-likeness (QED) is 0.603. The first-order valence-electron chi connectivity index (χ1n) is 5.50. The first kappa shape index (κ1) is 12.6. The number of carbonyl (C=O) groups is 1. The highest BCUT2D eigenvalue weighted by Gasteiger charge is 2.32. The highest BCUT2D eigenvalue weighted by atomic mass is 32.1. The van der Waals surface area contributed by atoms with Crippen LogP contribution in [0.15, 0.2) is 24.3 Å². The zero-order valence-electron chi connectivity index (χ0n) is 10.2. The van der Waals surface area contributed by atoms with Crippen LogP contribution in [0.2, 0.25) is 0 Å². The van der Waals surface area contributed by atoms with Crippen LogP contribution in [0.25, 0.3) is 0 Å². The van der Waals surface area contributed by atoms with E-state index in [0.29, 0.717) is 17.4 Å². The van der Waals surface area contributed by atoms with Gasteiger partial charge in [0.05, 0.1) is 19.3 Å². The van der Waals surface area contributed by atoms with Crippen molar-refractivity contribution in [3.8, 4) is 5.75 Å². The maximum Gasteiger partial charge on any atom is 0.348 e. The molecule has 0 saturated heterocycles. The van der Waals surface area contributed by atoms with Crippen LogP contribution in [0.4, 0.5) is 5.69 Å². The fourth-order valence-electron chi connectivity index (χ4n) is 1.82.